The van der Waals surface area contributed by atoms with E-state index in [0.717, 1.165) is 4.47 Å². The lowest BCUT2D eigenvalue weighted by Crippen LogP contribution is -2.14. The molecule has 82 valence electrons. The van der Waals surface area contributed by atoms with Crippen molar-refractivity contribution in [2.24, 2.45) is 5.16 Å². The average Bonchev–Trinajstić information content (AvgIpc) is 2.14. The zero-order valence-electron chi connectivity index (χ0n) is 7.46. The fraction of sp³-hybridized carbons (Fsp3) is 0.222. The van der Waals surface area contributed by atoms with Crippen molar-refractivity contribution in [3.63, 3.8) is 0 Å². The van der Waals surface area contributed by atoms with E-state index in [0.29, 0.717) is 5.56 Å². The molecular weight excluding hydrogens is 275 g/mol. The summed E-state index contributed by atoms with van der Waals surface area (Å²) in [5, 5.41) is 3.20. The third-order valence-corrected chi connectivity index (χ3v) is 1.90. The van der Waals surface area contributed by atoms with E-state index in [9.17, 15) is 13.2 Å². The summed E-state index contributed by atoms with van der Waals surface area (Å²) in [4.78, 5) is 4.06. The van der Waals surface area contributed by atoms with Crippen LogP contribution < -0.4 is 0 Å². The summed E-state index contributed by atoms with van der Waals surface area (Å²) in [7, 11) is 0. The highest BCUT2D eigenvalue weighted by molar-refractivity contribution is 9.10. The van der Waals surface area contributed by atoms with Crippen molar-refractivity contribution >= 4 is 22.1 Å². The molecule has 1 aromatic carbocycles. The second-order valence-electron chi connectivity index (χ2n) is 2.67. The Kier molecular flexibility index (Phi) is 4.14. The lowest BCUT2D eigenvalue weighted by atomic mass is 10.2. The maximum Gasteiger partial charge on any atom is 0.425 e. The van der Waals surface area contributed by atoms with Crippen LogP contribution in [0, 0.1) is 0 Å². The standard InChI is InChI=1S/C9H7BrF3NO/c10-8-3-1-7(2-4-8)5-14-15-6-9(11,12)13/h1-5H,6H2. The second-order valence-corrected chi connectivity index (χ2v) is 3.59. The van der Waals surface area contributed by atoms with Gasteiger partial charge in [-0.15, -0.1) is 0 Å². The smallest absolute Gasteiger partial charge is 0.386 e. The van der Waals surface area contributed by atoms with Gasteiger partial charge >= 0.3 is 6.18 Å². The molecule has 0 spiro atoms. The molecule has 2 nitrogen and oxygen atoms in total. The van der Waals surface area contributed by atoms with Crippen molar-refractivity contribution in [3.8, 4) is 0 Å². The van der Waals surface area contributed by atoms with E-state index in [1.807, 2.05) is 0 Å². The molecule has 1 rings (SSSR count). The van der Waals surface area contributed by atoms with Crippen LogP contribution in [0.4, 0.5) is 13.2 Å². The Balaban J connectivity index is 2.42. The lowest BCUT2D eigenvalue weighted by Gasteiger charge is -2.02. The molecule has 0 radical (unpaired) electrons. The molecule has 0 aliphatic heterocycles. The van der Waals surface area contributed by atoms with Crippen LogP contribution in [0.2, 0.25) is 0 Å². The number of hydrogen-bond donors (Lipinski definition) is 0. The maximum absolute atomic E-state index is 11.6. The molecule has 0 fully saturated rings. The summed E-state index contributed by atoms with van der Waals surface area (Å²) in [6.45, 7) is -1.37. The molecule has 0 amide bonds. The van der Waals surface area contributed by atoms with Gasteiger partial charge in [-0.2, -0.15) is 13.2 Å². The van der Waals surface area contributed by atoms with Crippen molar-refractivity contribution < 1.29 is 18.0 Å². The normalized spacial score (nSPS) is 12.0. The molecule has 0 N–H and O–H groups in total. The van der Waals surface area contributed by atoms with Crippen LogP contribution in [-0.4, -0.2) is 19.0 Å². The van der Waals surface area contributed by atoms with Crippen LogP contribution in [0.25, 0.3) is 0 Å². The molecule has 0 heterocycles. The average molecular weight is 282 g/mol. The minimum atomic E-state index is -4.35. The van der Waals surface area contributed by atoms with E-state index >= 15 is 0 Å². The summed E-state index contributed by atoms with van der Waals surface area (Å²) in [6, 6.07) is 6.91. The number of benzene rings is 1. The number of hydrogen-bond acceptors (Lipinski definition) is 2. The molecule has 15 heavy (non-hydrogen) atoms. The zero-order valence-corrected chi connectivity index (χ0v) is 9.05. The number of oxime groups is 1. The highest BCUT2D eigenvalue weighted by Crippen LogP contribution is 2.14. The minimum Gasteiger partial charge on any atom is -0.386 e. The third kappa shape index (κ3) is 5.41. The van der Waals surface area contributed by atoms with Crippen LogP contribution in [0.15, 0.2) is 33.9 Å². The molecule has 6 heteroatoms. The molecule has 0 aliphatic carbocycles. The number of halogens is 4. The highest BCUT2D eigenvalue weighted by Gasteiger charge is 2.28. The zero-order chi connectivity index (χ0) is 11.3. The van der Waals surface area contributed by atoms with E-state index in [4.69, 9.17) is 0 Å². The van der Waals surface area contributed by atoms with Crippen LogP contribution in [0.1, 0.15) is 5.56 Å². The topological polar surface area (TPSA) is 21.6 Å². The fourth-order valence-electron chi connectivity index (χ4n) is 0.757. The maximum atomic E-state index is 11.6. The summed E-state index contributed by atoms with van der Waals surface area (Å²) in [5.74, 6) is 0. The van der Waals surface area contributed by atoms with Gasteiger partial charge in [0.15, 0.2) is 0 Å². The third-order valence-electron chi connectivity index (χ3n) is 1.37. The molecule has 0 atom stereocenters. The van der Waals surface area contributed by atoms with Gasteiger partial charge in [0.1, 0.15) is 0 Å². The van der Waals surface area contributed by atoms with Gasteiger partial charge in [0, 0.05) is 4.47 Å². The monoisotopic (exact) mass is 281 g/mol. The van der Waals surface area contributed by atoms with E-state index < -0.39 is 12.8 Å². The van der Waals surface area contributed by atoms with Gasteiger partial charge in [-0.3, -0.25) is 0 Å². The molecular formula is C9H7BrF3NO. The summed E-state index contributed by atoms with van der Waals surface area (Å²) in [6.07, 6.45) is -3.13. The van der Waals surface area contributed by atoms with Crippen molar-refractivity contribution in [1.82, 2.24) is 0 Å². The quantitative estimate of drug-likeness (QED) is 0.615. The number of nitrogens with zero attached hydrogens (tertiary/aromatic N) is 1. The Bertz CT molecular complexity index is 334. The Labute approximate surface area is 92.9 Å². The molecule has 1 aromatic rings. The lowest BCUT2D eigenvalue weighted by molar-refractivity contribution is -0.173. The van der Waals surface area contributed by atoms with E-state index in [-0.39, 0.29) is 0 Å². The predicted octanol–water partition coefficient (Wildman–Crippen LogP) is 3.36. The first kappa shape index (κ1) is 12.0. The van der Waals surface area contributed by atoms with E-state index in [1.54, 1.807) is 24.3 Å². The first-order chi connectivity index (χ1) is 6.97. The van der Waals surface area contributed by atoms with Gasteiger partial charge in [-0.25, -0.2) is 0 Å². The van der Waals surface area contributed by atoms with Crippen LogP contribution >= 0.6 is 15.9 Å². The SMILES string of the molecule is FC(F)(F)CON=Cc1ccc(Br)cc1. The van der Waals surface area contributed by atoms with Crippen molar-refractivity contribution in [1.29, 1.82) is 0 Å². The summed E-state index contributed by atoms with van der Waals surface area (Å²) in [5.41, 5.74) is 0.667. The Morgan fingerprint density at radius 1 is 1.27 bits per heavy atom. The summed E-state index contributed by atoms with van der Waals surface area (Å²) >= 11 is 3.23. The Hall–Kier alpha value is -1.04. The molecule has 0 unspecified atom stereocenters. The first-order valence-corrected chi connectivity index (χ1v) is 4.74. The predicted molar refractivity (Wildman–Crippen MR) is 53.7 cm³/mol. The van der Waals surface area contributed by atoms with E-state index in [1.165, 1.54) is 6.21 Å². The second kappa shape index (κ2) is 5.16. The first-order valence-electron chi connectivity index (χ1n) is 3.95. The van der Waals surface area contributed by atoms with Gasteiger partial charge in [-0.05, 0) is 17.7 Å². The van der Waals surface area contributed by atoms with Crippen LogP contribution in [-0.2, 0) is 4.84 Å². The van der Waals surface area contributed by atoms with Gasteiger partial charge in [-0.1, -0.05) is 33.2 Å². The minimum absolute atomic E-state index is 0.667. The van der Waals surface area contributed by atoms with Crippen LogP contribution in [0.5, 0.6) is 0 Å². The van der Waals surface area contributed by atoms with Gasteiger partial charge in [0.05, 0.1) is 6.21 Å². The number of rotatable bonds is 3. The summed E-state index contributed by atoms with van der Waals surface area (Å²) < 4.78 is 35.8. The molecule has 0 aliphatic rings. The Morgan fingerprint density at radius 2 is 1.87 bits per heavy atom. The van der Waals surface area contributed by atoms with Crippen LogP contribution in [0.3, 0.4) is 0 Å². The largest absolute Gasteiger partial charge is 0.425 e. The van der Waals surface area contributed by atoms with Gasteiger partial charge < -0.3 is 4.84 Å². The van der Waals surface area contributed by atoms with E-state index in [2.05, 4.69) is 25.9 Å². The van der Waals surface area contributed by atoms with Crippen molar-refractivity contribution in [3.05, 3.63) is 34.3 Å². The Morgan fingerprint density at radius 3 is 2.40 bits per heavy atom. The van der Waals surface area contributed by atoms with Crippen molar-refractivity contribution in [2.75, 3.05) is 6.61 Å². The van der Waals surface area contributed by atoms with Gasteiger partial charge in [0.25, 0.3) is 0 Å². The number of alkyl halides is 3. The van der Waals surface area contributed by atoms with Gasteiger partial charge in [0.2, 0.25) is 6.61 Å². The molecule has 0 bridgehead atoms. The highest BCUT2D eigenvalue weighted by atomic mass is 79.9. The fourth-order valence-corrected chi connectivity index (χ4v) is 1.02. The van der Waals surface area contributed by atoms with Crippen molar-refractivity contribution in [2.45, 2.75) is 6.18 Å². The molecule has 0 saturated heterocycles. The molecule has 0 aromatic heterocycles. The molecule has 0 saturated carbocycles.